The molecular formula is C16H22N2O5S. The molecule has 1 atom stereocenters. The highest BCUT2D eigenvalue weighted by atomic mass is 32.2. The van der Waals surface area contributed by atoms with Gasteiger partial charge in [-0.05, 0) is 31.5 Å². The summed E-state index contributed by atoms with van der Waals surface area (Å²) < 4.78 is 35.6. The van der Waals surface area contributed by atoms with Gasteiger partial charge in [0.05, 0.1) is 10.6 Å². The predicted molar refractivity (Wildman–Crippen MR) is 88.1 cm³/mol. The number of carbonyl (C=O) groups is 1. The molecule has 7 nitrogen and oxygen atoms in total. The van der Waals surface area contributed by atoms with Crippen molar-refractivity contribution in [3.05, 3.63) is 18.2 Å². The molecule has 2 N–H and O–H groups in total. The lowest BCUT2D eigenvalue weighted by Crippen LogP contribution is -2.37. The highest BCUT2D eigenvalue weighted by molar-refractivity contribution is 7.91. The number of carbonyl (C=O) groups excluding carboxylic acids is 1. The van der Waals surface area contributed by atoms with Crippen LogP contribution >= 0.6 is 0 Å². The quantitative estimate of drug-likeness (QED) is 0.772. The van der Waals surface area contributed by atoms with Gasteiger partial charge in [-0.25, -0.2) is 8.42 Å². The second kappa shape index (κ2) is 7.40. The Morgan fingerprint density at radius 3 is 2.79 bits per heavy atom. The Balaban J connectivity index is 1.54. The van der Waals surface area contributed by atoms with Crippen LogP contribution in [0.25, 0.3) is 0 Å². The summed E-state index contributed by atoms with van der Waals surface area (Å²) in [5, 5.41) is 6.07. The van der Waals surface area contributed by atoms with E-state index >= 15 is 0 Å². The molecule has 0 spiro atoms. The minimum absolute atomic E-state index is 0.0521. The summed E-state index contributed by atoms with van der Waals surface area (Å²) in [6.45, 7) is 2.37. The standard InChI is InChI=1S/C16H22N2O5S/c19-16(18-11-12-2-1-6-17-12)5-9-24(20,21)13-3-4-14-15(10-13)23-8-7-22-14/h3-4,10,12,17H,1-2,5-9,11H2,(H,18,19). The van der Waals surface area contributed by atoms with Gasteiger partial charge in [0.1, 0.15) is 13.2 Å². The number of nitrogens with one attached hydrogen (secondary N) is 2. The van der Waals surface area contributed by atoms with E-state index in [1.54, 1.807) is 6.07 Å². The molecule has 0 aromatic heterocycles. The maximum Gasteiger partial charge on any atom is 0.221 e. The first kappa shape index (κ1) is 17.0. The first-order chi connectivity index (χ1) is 11.5. The number of ether oxygens (including phenoxy) is 2. The second-order valence-electron chi connectivity index (χ2n) is 5.97. The second-order valence-corrected chi connectivity index (χ2v) is 8.08. The molecule has 1 unspecified atom stereocenters. The van der Waals surface area contributed by atoms with E-state index in [9.17, 15) is 13.2 Å². The summed E-state index contributed by atoms with van der Waals surface area (Å²) in [5.41, 5.74) is 0. The molecule has 1 amide bonds. The van der Waals surface area contributed by atoms with E-state index in [1.807, 2.05) is 0 Å². The number of fused-ring (bicyclic) bond motifs is 1. The summed E-state index contributed by atoms with van der Waals surface area (Å²) in [6, 6.07) is 4.84. The lowest BCUT2D eigenvalue weighted by Gasteiger charge is -2.18. The molecule has 1 aromatic rings. The third-order valence-electron chi connectivity index (χ3n) is 4.18. The average Bonchev–Trinajstić information content (AvgIpc) is 3.11. The maximum atomic E-state index is 12.4. The zero-order chi connectivity index (χ0) is 17.0. The van der Waals surface area contributed by atoms with E-state index < -0.39 is 9.84 Å². The number of sulfone groups is 1. The van der Waals surface area contributed by atoms with Gasteiger partial charge in [0.2, 0.25) is 5.91 Å². The Morgan fingerprint density at radius 1 is 1.25 bits per heavy atom. The van der Waals surface area contributed by atoms with Crippen molar-refractivity contribution in [3.63, 3.8) is 0 Å². The average molecular weight is 354 g/mol. The monoisotopic (exact) mass is 354 g/mol. The predicted octanol–water partition coefficient (Wildman–Crippen LogP) is 0.490. The molecule has 8 heteroatoms. The fourth-order valence-electron chi connectivity index (χ4n) is 2.82. The summed E-state index contributed by atoms with van der Waals surface area (Å²) in [7, 11) is -3.54. The van der Waals surface area contributed by atoms with E-state index in [2.05, 4.69) is 10.6 Å². The molecule has 2 aliphatic rings. The molecular weight excluding hydrogens is 332 g/mol. The molecule has 0 aliphatic carbocycles. The summed E-state index contributed by atoms with van der Waals surface area (Å²) in [6.07, 6.45) is 2.10. The topological polar surface area (TPSA) is 93.7 Å². The third kappa shape index (κ3) is 4.18. The smallest absolute Gasteiger partial charge is 0.221 e. The van der Waals surface area contributed by atoms with Crippen LogP contribution in [0.4, 0.5) is 0 Å². The largest absolute Gasteiger partial charge is 0.486 e. The molecule has 132 valence electrons. The lowest BCUT2D eigenvalue weighted by molar-refractivity contribution is -0.120. The fraction of sp³-hybridized carbons (Fsp3) is 0.562. The Kier molecular flexibility index (Phi) is 5.25. The molecule has 1 aromatic carbocycles. The molecule has 0 radical (unpaired) electrons. The van der Waals surface area contributed by atoms with Gasteiger partial charge < -0.3 is 20.1 Å². The van der Waals surface area contributed by atoms with Crippen molar-refractivity contribution >= 4 is 15.7 Å². The van der Waals surface area contributed by atoms with Gasteiger partial charge in [0.15, 0.2) is 21.3 Å². The van der Waals surface area contributed by atoms with E-state index in [0.29, 0.717) is 37.3 Å². The van der Waals surface area contributed by atoms with Gasteiger partial charge in [0, 0.05) is 25.1 Å². The van der Waals surface area contributed by atoms with E-state index in [4.69, 9.17) is 9.47 Å². The lowest BCUT2D eigenvalue weighted by atomic mass is 10.2. The minimum atomic E-state index is -3.54. The highest BCUT2D eigenvalue weighted by Gasteiger charge is 2.21. The zero-order valence-corrected chi connectivity index (χ0v) is 14.2. The fourth-order valence-corrected chi connectivity index (χ4v) is 4.07. The zero-order valence-electron chi connectivity index (χ0n) is 13.4. The molecule has 24 heavy (non-hydrogen) atoms. The van der Waals surface area contributed by atoms with Crippen molar-refractivity contribution in [3.8, 4) is 11.5 Å². The SMILES string of the molecule is O=C(CCS(=O)(=O)c1ccc2c(c1)OCCO2)NCC1CCCN1. The number of hydrogen-bond acceptors (Lipinski definition) is 6. The molecule has 3 rings (SSSR count). The highest BCUT2D eigenvalue weighted by Crippen LogP contribution is 2.32. The van der Waals surface area contributed by atoms with Crippen molar-refractivity contribution in [1.82, 2.24) is 10.6 Å². The molecule has 0 saturated carbocycles. The minimum Gasteiger partial charge on any atom is -0.486 e. The van der Waals surface area contributed by atoms with Crippen LogP contribution in [0.2, 0.25) is 0 Å². The van der Waals surface area contributed by atoms with Crippen LogP contribution in [-0.4, -0.2) is 52.4 Å². The maximum absolute atomic E-state index is 12.4. The first-order valence-corrected chi connectivity index (χ1v) is 9.82. The first-order valence-electron chi connectivity index (χ1n) is 8.17. The van der Waals surface area contributed by atoms with Crippen LogP contribution in [0.3, 0.4) is 0 Å². The summed E-state index contributed by atoms with van der Waals surface area (Å²) in [5.74, 6) is 0.502. The molecule has 1 fully saturated rings. The number of amides is 1. The van der Waals surface area contributed by atoms with Gasteiger partial charge in [-0.1, -0.05) is 0 Å². The van der Waals surface area contributed by atoms with Gasteiger partial charge in [-0.3, -0.25) is 4.79 Å². The van der Waals surface area contributed by atoms with Crippen molar-refractivity contribution in [2.45, 2.75) is 30.2 Å². The van der Waals surface area contributed by atoms with E-state index in [0.717, 1.165) is 19.4 Å². The van der Waals surface area contributed by atoms with Crippen LogP contribution in [0, 0.1) is 0 Å². The van der Waals surface area contributed by atoms with Crippen LogP contribution in [0.1, 0.15) is 19.3 Å². The Bertz CT molecular complexity index is 698. The van der Waals surface area contributed by atoms with Crippen molar-refractivity contribution in [1.29, 1.82) is 0 Å². The van der Waals surface area contributed by atoms with Crippen LogP contribution in [0.5, 0.6) is 11.5 Å². The summed E-state index contributed by atoms with van der Waals surface area (Å²) in [4.78, 5) is 12.0. The van der Waals surface area contributed by atoms with Crippen molar-refractivity contribution in [2.75, 3.05) is 32.1 Å². The molecule has 1 saturated heterocycles. The molecule has 0 bridgehead atoms. The van der Waals surface area contributed by atoms with E-state index in [-0.39, 0.29) is 23.0 Å². The molecule has 2 aliphatic heterocycles. The summed E-state index contributed by atoms with van der Waals surface area (Å²) >= 11 is 0. The van der Waals surface area contributed by atoms with Crippen LogP contribution < -0.4 is 20.1 Å². The Morgan fingerprint density at radius 2 is 2.04 bits per heavy atom. The Hall–Kier alpha value is -1.80. The van der Waals surface area contributed by atoms with Gasteiger partial charge >= 0.3 is 0 Å². The van der Waals surface area contributed by atoms with Crippen LogP contribution in [0.15, 0.2) is 23.1 Å². The van der Waals surface area contributed by atoms with Crippen molar-refractivity contribution in [2.24, 2.45) is 0 Å². The van der Waals surface area contributed by atoms with Crippen LogP contribution in [-0.2, 0) is 14.6 Å². The number of hydrogen-bond donors (Lipinski definition) is 2. The molecule has 2 heterocycles. The normalized spacial score (nSPS) is 19.9. The van der Waals surface area contributed by atoms with Gasteiger partial charge in [-0.2, -0.15) is 0 Å². The number of rotatable bonds is 6. The van der Waals surface area contributed by atoms with Gasteiger partial charge in [0.25, 0.3) is 0 Å². The Labute approximate surface area is 141 Å². The third-order valence-corrected chi connectivity index (χ3v) is 5.89. The van der Waals surface area contributed by atoms with Gasteiger partial charge in [-0.15, -0.1) is 0 Å². The van der Waals surface area contributed by atoms with Crippen molar-refractivity contribution < 1.29 is 22.7 Å². The number of benzene rings is 1. The van der Waals surface area contributed by atoms with E-state index in [1.165, 1.54) is 12.1 Å².